The Kier molecular flexibility index (Phi) is 3.77. The molecule has 1 N–H and O–H groups in total. The number of ether oxygens (including phenoxy) is 1. The highest BCUT2D eigenvalue weighted by Gasteiger charge is 2.29. The highest BCUT2D eigenvalue weighted by Crippen LogP contribution is 2.25. The van der Waals surface area contributed by atoms with E-state index in [0.29, 0.717) is 31.9 Å². The maximum Gasteiger partial charge on any atom is 0.253 e. The van der Waals surface area contributed by atoms with Crippen molar-refractivity contribution in [2.45, 2.75) is 4.21 Å². The fourth-order valence-corrected chi connectivity index (χ4v) is 4.42. The van der Waals surface area contributed by atoms with Crippen molar-refractivity contribution < 1.29 is 18.4 Å². The molecule has 0 amide bonds. The van der Waals surface area contributed by atoms with Gasteiger partial charge >= 0.3 is 0 Å². The van der Waals surface area contributed by atoms with Crippen molar-refractivity contribution in [3.8, 4) is 0 Å². The fraction of sp³-hybridized carbons (Fsp3) is 0.444. The zero-order chi connectivity index (χ0) is 12.3. The van der Waals surface area contributed by atoms with Crippen LogP contribution in [0.15, 0.2) is 20.8 Å². The molecule has 8 heteroatoms. The maximum atomic E-state index is 12.3. The average Bonchev–Trinajstić information content (AvgIpc) is 2.80. The van der Waals surface area contributed by atoms with E-state index < -0.39 is 10.0 Å². The van der Waals surface area contributed by atoms with E-state index in [1.807, 2.05) is 0 Å². The van der Waals surface area contributed by atoms with Crippen LogP contribution in [0.1, 0.15) is 5.56 Å². The molecule has 2 rings (SSSR count). The Morgan fingerprint density at radius 3 is 2.82 bits per heavy atom. The van der Waals surface area contributed by atoms with E-state index in [1.54, 1.807) is 11.4 Å². The predicted octanol–water partition coefficient (Wildman–Crippen LogP) is 0.577. The quantitative estimate of drug-likeness (QED) is 0.497. The lowest BCUT2D eigenvalue weighted by Gasteiger charge is -2.25. The Morgan fingerprint density at radius 2 is 2.18 bits per heavy atom. The molecule has 17 heavy (non-hydrogen) atoms. The van der Waals surface area contributed by atoms with Crippen LogP contribution in [0.5, 0.6) is 0 Å². The lowest BCUT2D eigenvalue weighted by molar-refractivity contribution is 0.0731. The van der Waals surface area contributed by atoms with Crippen LogP contribution >= 0.6 is 11.3 Å². The molecule has 94 valence electrons. The van der Waals surface area contributed by atoms with E-state index in [1.165, 1.54) is 4.31 Å². The summed E-state index contributed by atoms with van der Waals surface area (Å²) in [5, 5.41) is 13.0. The summed E-state index contributed by atoms with van der Waals surface area (Å²) in [6.07, 6.45) is 1.13. The number of rotatable bonds is 3. The summed E-state index contributed by atoms with van der Waals surface area (Å²) in [6.45, 7) is 1.54. The van der Waals surface area contributed by atoms with Crippen LogP contribution in [0, 0.1) is 0 Å². The van der Waals surface area contributed by atoms with Crippen LogP contribution in [0.2, 0.25) is 0 Å². The van der Waals surface area contributed by atoms with Crippen molar-refractivity contribution in [1.29, 1.82) is 0 Å². The molecule has 0 bridgehead atoms. The molecule has 0 aliphatic carbocycles. The van der Waals surface area contributed by atoms with Gasteiger partial charge in [-0.2, -0.15) is 4.31 Å². The summed E-state index contributed by atoms with van der Waals surface area (Å²) in [7, 11) is -3.50. The van der Waals surface area contributed by atoms with E-state index in [4.69, 9.17) is 9.94 Å². The molecule has 1 aromatic rings. The summed E-state index contributed by atoms with van der Waals surface area (Å²) in [4.78, 5) is 0. The van der Waals surface area contributed by atoms with Crippen molar-refractivity contribution >= 4 is 27.6 Å². The van der Waals surface area contributed by atoms with E-state index in [-0.39, 0.29) is 4.21 Å². The average molecular weight is 276 g/mol. The molecule has 1 aliphatic heterocycles. The summed E-state index contributed by atoms with van der Waals surface area (Å²) in [5.41, 5.74) is 0.406. The summed E-state index contributed by atoms with van der Waals surface area (Å²) in [5.74, 6) is 0. The molecule has 0 radical (unpaired) electrons. The second kappa shape index (κ2) is 5.13. The number of thiophene rings is 1. The lowest BCUT2D eigenvalue weighted by atomic mass is 10.4. The third-order valence-corrected chi connectivity index (χ3v) is 5.79. The third-order valence-electron chi connectivity index (χ3n) is 2.40. The highest BCUT2D eigenvalue weighted by molar-refractivity contribution is 7.91. The van der Waals surface area contributed by atoms with Gasteiger partial charge in [-0.3, -0.25) is 0 Å². The molecule has 0 aromatic carbocycles. The summed E-state index contributed by atoms with van der Waals surface area (Å²) in [6, 6.07) is 1.61. The van der Waals surface area contributed by atoms with Crippen LogP contribution < -0.4 is 0 Å². The van der Waals surface area contributed by atoms with Crippen LogP contribution in [0.25, 0.3) is 0 Å². The molecule has 0 atom stereocenters. The number of sulfonamides is 1. The van der Waals surface area contributed by atoms with Crippen molar-refractivity contribution in [2.75, 3.05) is 26.3 Å². The standard InChI is InChI=1S/C9H12N2O4S2/c12-10-7-8-1-6-16-9(8)17(13,14)11-2-4-15-5-3-11/h1,6-7,12H,2-5H2/b10-7-. The predicted molar refractivity (Wildman–Crippen MR) is 63.3 cm³/mol. The molecule has 0 saturated carbocycles. The van der Waals surface area contributed by atoms with Gasteiger partial charge in [0, 0.05) is 18.7 Å². The Bertz CT molecular complexity index is 503. The number of nitrogens with zero attached hydrogens (tertiary/aromatic N) is 2. The van der Waals surface area contributed by atoms with Crippen LogP contribution in [-0.2, 0) is 14.8 Å². The van der Waals surface area contributed by atoms with Crippen molar-refractivity contribution in [2.24, 2.45) is 5.16 Å². The van der Waals surface area contributed by atoms with Crippen molar-refractivity contribution in [1.82, 2.24) is 4.31 Å². The number of hydrogen-bond donors (Lipinski definition) is 1. The van der Waals surface area contributed by atoms with Gasteiger partial charge in [-0.25, -0.2) is 8.42 Å². The SMILES string of the molecule is O=S(=O)(c1sccc1/C=N\O)N1CCOCC1. The number of morpholine rings is 1. The molecule has 1 aromatic heterocycles. The van der Waals surface area contributed by atoms with Crippen LogP contribution in [-0.4, -0.2) is 50.4 Å². The summed E-state index contributed by atoms with van der Waals surface area (Å²) >= 11 is 1.12. The first-order valence-corrected chi connectivity index (χ1v) is 7.31. The van der Waals surface area contributed by atoms with Gasteiger partial charge in [-0.1, -0.05) is 5.16 Å². The largest absolute Gasteiger partial charge is 0.411 e. The van der Waals surface area contributed by atoms with E-state index in [9.17, 15) is 8.42 Å². The fourth-order valence-electron chi connectivity index (χ4n) is 1.58. The van der Waals surface area contributed by atoms with Crippen molar-refractivity contribution in [3.05, 3.63) is 17.0 Å². The molecule has 6 nitrogen and oxygen atoms in total. The summed E-state index contributed by atoms with van der Waals surface area (Å²) < 4.78 is 31.3. The normalized spacial score (nSPS) is 18.8. The number of hydrogen-bond acceptors (Lipinski definition) is 6. The molecular formula is C9H12N2O4S2. The Labute approximate surface area is 103 Å². The lowest BCUT2D eigenvalue weighted by Crippen LogP contribution is -2.40. The first kappa shape index (κ1) is 12.5. The Balaban J connectivity index is 2.33. The van der Waals surface area contributed by atoms with E-state index >= 15 is 0 Å². The van der Waals surface area contributed by atoms with Gasteiger partial charge in [0.05, 0.1) is 19.4 Å². The van der Waals surface area contributed by atoms with Gasteiger partial charge in [-0.05, 0) is 11.4 Å². The maximum absolute atomic E-state index is 12.3. The van der Waals surface area contributed by atoms with Gasteiger partial charge in [0.15, 0.2) is 0 Å². The second-order valence-corrected chi connectivity index (χ2v) is 6.47. The van der Waals surface area contributed by atoms with Gasteiger partial charge in [0.25, 0.3) is 10.0 Å². The smallest absolute Gasteiger partial charge is 0.253 e. The monoisotopic (exact) mass is 276 g/mol. The van der Waals surface area contributed by atoms with Crippen LogP contribution in [0.3, 0.4) is 0 Å². The van der Waals surface area contributed by atoms with Gasteiger partial charge < -0.3 is 9.94 Å². The zero-order valence-electron chi connectivity index (χ0n) is 8.94. The van der Waals surface area contributed by atoms with E-state index in [2.05, 4.69) is 5.16 Å². The van der Waals surface area contributed by atoms with E-state index in [0.717, 1.165) is 17.6 Å². The minimum Gasteiger partial charge on any atom is -0.411 e. The molecule has 0 spiro atoms. The molecule has 2 heterocycles. The minimum atomic E-state index is -3.50. The van der Waals surface area contributed by atoms with Crippen molar-refractivity contribution in [3.63, 3.8) is 0 Å². The van der Waals surface area contributed by atoms with Gasteiger partial charge in [0.2, 0.25) is 0 Å². The second-order valence-electron chi connectivity index (χ2n) is 3.42. The number of oxime groups is 1. The van der Waals surface area contributed by atoms with Crippen LogP contribution in [0.4, 0.5) is 0 Å². The van der Waals surface area contributed by atoms with Gasteiger partial charge in [-0.15, -0.1) is 11.3 Å². The Hall–Kier alpha value is -0.960. The highest BCUT2D eigenvalue weighted by atomic mass is 32.2. The zero-order valence-corrected chi connectivity index (χ0v) is 10.6. The Morgan fingerprint density at radius 1 is 1.47 bits per heavy atom. The molecule has 1 aliphatic rings. The molecule has 0 unspecified atom stereocenters. The minimum absolute atomic E-state index is 0.206. The molecule has 1 fully saturated rings. The molecular weight excluding hydrogens is 264 g/mol. The first-order chi connectivity index (χ1) is 8.16. The topological polar surface area (TPSA) is 79.2 Å². The first-order valence-electron chi connectivity index (χ1n) is 4.99. The molecule has 1 saturated heterocycles. The van der Waals surface area contributed by atoms with Gasteiger partial charge in [0.1, 0.15) is 4.21 Å². The third kappa shape index (κ3) is 2.49.